The minimum Gasteiger partial charge on any atom is -0.378 e. The van der Waals surface area contributed by atoms with E-state index in [0.717, 1.165) is 24.5 Å². The number of morpholine rings is 1. The van der Waals surface area contributed by atoms with Gasteiger partial charge in [0, 0.05) is 34.3 Å². The molecule has 0 spiro atoms. The van der Waals surface area contributed by atoms with Crippen LogP contribution in [0, 0.1) is 12.8 Å². The second-order valence-corrected chi connectivity index (χ2v) is 10.8. The predicted molar refractivity (Wildman–Crippen MR) is 129 cm³/mol. The number of fused-ring (bicyclic) bond motifs is 5. The molecule has 7 nitrogen and oxygen atoms in total. The zero-order valence-electron chi connectivity index (χ0n) is 18.8. The van der Waals surface area contributed by atoms with Crippen LogP contribution in [0.5, 0.6) is 0 Å². The quantitative estimate of drug-likeness (QED) is 0.580. The molecule has 1 aliphatic carbocycles. The molecular weight excluding hydrogens is 454 g/mol. The van der Waals surface area contributed by atoms with Crippen LogP contribution in [0.25, 0.3) is 5.00 Å². The molecule has 2 aliphatic heterocycles. The Morgan fingerprint density at radius 1 is 1.21 bits per heavy atom. The largest absolute Gasteiger partial charge is 0.378 e. The first kappa shape index (κ1) is 21.3. The molecule has 1 unspecified atom stereocenters. The molecular formula is C24H27N5O2S2. The molecule has 4 heterocycles. The average Bonchev–Trinajstić information content (AvgIpc) is 3.49. The molecule has 172 valence electrons. The highest BCUT2D eigenvalue weighted by Crippen LogP contribution is 2.47. The van der Waals surface area contributed by atoms with Gasteiger partial charge in [0.1, 0.15) is 10.8 Å². The standard InChI is InChI=1S/C24H27N5O2S2/c1-14-26-27-20-13-25-22(16-5-3-4-6-18(16)32-2)21-17-11-15(12-19(17)33-24(21)29(14)20)23(30)28-7-9-31-10-8-28/h3-6,15,22,25H,7-13H2,1-2H3/t15-,22?/m0/s1. The number of thioether (sulfide) groups is 1. The lowest BCUT2D eigenvalue weighted by molar-refractivity contribution is -0.139. The Hall–Kier alpha value is -2.20. The SMILES string of the molecule is CSc1ccccc1C1NCc2nnc(C)n2-c2sc3c(c21)C[C@H](C(=O)N1CCOCC1)C3. The van der Waals surface area contributed by atoms with Gasteiger partial charge < -0.3 is 9.64 Å². The molecule has 9 heteroatoms. The lowest BCUT2D eigenvalue weighted by atomic mass is 9.94. The number of carbonyl (C=O) groups excluding carboxylic acids is 1. The van der Waals surface area contributed by atoms with Gasteiger partial charge in [-0.05, 0) is 43.2 Å². The zero-order valence-corrected chi connectivity index (χ0v) is 20.5. The van der Waals surface area contributed by atoms with Crippen molar-refractivity contribution in [3.8, 4) is 5.00 Å². The molecule has 1 N–H and O–H groups in total. The molecule has 0 bridgehead atoms. The number of hydrogen-bond donors (Lipinski definition) is 1. The van der Waals surface area contributed by atoms with Crippen LogP contribution in [-0.4, -0.2) is 58.1 Å². The fourth-order valence-electron chi connectivity index (χ4n) is 5.37. The minimum atomic E-state index is 0.0239. The van der Waals surface area contributed by atoms with Crippen molar-refractivity contribution in [2.45, 2.75) is 37.2 Å². The number of hydrogen-bond acceptors (Lipinski definition) is 7. The summed E-state index contributed by atoms with van der Waals surface area (Å²) >= 11 is 3.60. The second kappa shape index (κ2) is 8.54. The molecule has 2 aromatic heterocycles. The van der Waals surface area contributed by atoms with E-state index in [-0.39, 0.29) is 17.9 Å². The molecule has 1 aromatic carbocycles. The molecule has 3 aliphatic rings. The van der Waals surface area contributed by atoms with Crippen molar-refractivity contribution in [2.75, 3.05) is 32.6 Å². The number of nitrogens with zero attached hydrogens (tertiary/aromatic N) is 4. The van der Waals surface area contributed by atoms with E-state index in [4.69, 9.17) is 4.74 Å². The topological polar surface area (TPSA) is 72.3 Å². The number of carbonyl (C=O) groups is 1. The predicted octanol–water partition coefficient (Wildman–Crippen LogP) is 3.13. The minimum absolute atomic E-state index is 0.0239. The Labute approximate surface area is 201 Å². The molecule has 1 fully saturated rings. The highest BCUT2D eigenvalue weighted by atomic mass is 32.2. The number of aryl methyl sites for hydroxylation is 1. The Morgan fingerprint density at radius 2 is 2.03 bits per heavy atom. The number of amides is 1. The first-order chi connectivity index (χ1) is 16.2. The van der Waals surface area contributed by atoms with Gasteiger partial charge in [-0.25, -0.2) is 0 Å². The fraction of sp³-hybridized carbons (Fsp3) is 0.458. The van der Waals surface area contributed by atoms with Crippen LogP contribution in [0.2, 0.25) is 0 Å². The van der Waals surface area contributed by atoms with Gasteiger partial charge in [-0.1, -0.05) is 18.2 Å². The molecule has 0 radical (unpaired) electrons. The van der Waals surface area contributed by atoms with Gasteiger partial charge in [0.2, 0.25) is 5.91 Å². The molecule has 6 rings (SSSR count). The third kappa shape index (κ3) is 3.53. The maximum atomic E-state index is 13.3. The summed E-state index contributed by atoms with van der Waals surface area (Å²) in [7, 11) is 0. The second-order valence-electron chi connectivity index (χ2n) is 8.82. The Kier molecular flexibility index (Phi) is 5.52. The van der Waals surface area contributed by atoms with Gasteiger partial charge in [0.05, 0.1) is 25.8 Å². The van der Waals surface area contributed by atoms with Crippen molar-refractivity contribution in [3.63, 3.8) is 0 Å². The third-order valence-corrected chi connectivity index (χ3v) is 9.03. The lowest BCUT2D eigenvalue weighted by Crippen LogP contribution is -2.44. The van der Waals surface area contributed by atoms with E-state index in [1.165, 1.54) is 31.5 Å². The van der Waals surface area contributed by atoms with Crippen molar-refractivity contribution in [1.82, 2.24) is 25.0 Å². The van der Waals surface area contributed by atoms with Crippen LogP contribution in [0.1, 0.15) is 39.3 Å². The van der Waals surface area contributed by atoms with E-state index >= 15 is 0 Å². The molecule has 1 amide bonds. The van der Waals surface area contributed by atoms with E-state index in [2.05, 4.69) is 50.6 Å². The van der Waals surface area contributed by atoms with Crippen molar-refractivity contribution in [2.24, 2.45) is 5.92 Å². The van der Waals surface area contributed by atoms with Crippen molar-refractivity contribution >= 4 is 29.0 Å². The normalized spacial score (nSPS) is 21.9. The number of nitrogens with one attached hydrogen (secondary N) is 1. The van der Waals surface area contributed by atoms with Crippen molar-refractivity contribution in [1.29, 1.82) is 0 Å². The van der Waals surface area contributed by atoms with Crippen molar-refractivity contribution < 1.29 is 9.53 Å². The van der Waals surface area contributed by atoms with Gasteiger partial charge >= 0.3 is 0 Å². The molecule has 3 aromatic rings. The molecule has 1 saturated heterocycles. The Balaban J connectivity index is 1.43. The van der Waals surface area contributed by atoms with Crippen LogP contribution >= 0.6 is 23.1 Å². The number of aromatic nitrogens is 3. The van der Waals surface area contributed by atoms with Gasteiger partial charge in [-0.2, -0.15) is 0 Å². The summed E-state index contributed by atoms with van der Waals surface area (Å²) in [4.78, 5) is 17.9. The Morgan fingerprint density at radius 3 is 2.85 bits per heavy atom. The highest BCUT2D eigenvalue weighted by Gasteiger charge is 2.39. The fourth-order valence-corrected chi connectivity index (χ4v) is 7.53. The first-order valence-electron chi connectivity index (χ1n) is 11.4. The molecule has 0 saturated carbocycles. The third-order valence-electron chi connectivity index (χ3n) is 6.96. The van der Waals surface area contributed by atoms with Crippen LogP contribution in [0.3, 0.4) is 0 Å². The van der Waals surface area contributed by atoms with Crippen LogP contribution in [-0.2, 0) is 28.9 Å². The number of rotatable bonds is 3. The van der Waals surface area contributed by atoms with Crippen LogP contribution < -0.4 is 5.32 Å². The molecule has 2 atom stereocenters. The van der Waals surface area contributed by atoms with Crippen molar-refractivity contribution in [3.05, 3.63) is 57.5 Å². The summed E-state index contributed by atoms with van der Waals surface area (Å²) in [5, 5.41) is 13.8. The van der Waals surface area contributed by atoms with Crippen LogP contribution in [0.4, 0.5) is 0 Å². The van der Waals surface area contributed by atoms with E-state index in [9.17, 15) is 4.79 Å². The smallest absolute Gasteiger partial charge is 0.226 e. The monoisotopic (exact) mass is 481 g/mol. The zero-order chi connectivity index (χ0) is 22.5. The molecule has 33 heavy (non-hydrogen) atoms. The van der Waals surface area contributed by atoms with Gasteiger partial charge in [-0.15, -0.1) is 33.3 Å². The van der Waals surface area contributed by atoms with E-state index in [0.29, 0.717) is 32.8 Å². The summed E-state index contributed by atoms with van der Waals surface area (Å²) < 4.78 is 7.67. The summed E-state index contributed by atoms with van der Waals surface area (Å²) in [5.41, 5.74) is 3.93. The summed E-state index contributed by atoms with van der Waals surface area (Å²) in [5.74, 6) is 2.15. The summed E-state index contributed by atoms with van der Waals surface area (Å²) in [6, 6.07) is 8.68. The average molecular weight is 482 g/mol. The number of ether oxygens (including phenoxy) is 1. The van der Waals surface area contributed by atoms with Gasteiger partial charge in [0.25, 0.3) is 0 Å². The first-order valence-corrected chi connectivity index (χ1v) is 13.5. The number of thiophene rings is 1. The van der Waals surface area contributed by atoms with E-state index in [1.807, 2.05) is 23.2 Å². The van der Waals surface area contributed by atoms with Gasteiger partial charge in [-0.3, -0.25) is 14.7 Å². The summed E-state index contributed by atoms with van der Waals surface area (Å²) in [6.45, 7) is 5.36. The maximum absolute atomic E-state index is 13.3. The maximum Gasteiger partial charge on any atom is 0.226 e. The lowest BCUT2D eigenvalue weighted by Gasteiger charge is -2.29. The summed E-state index contributed by atoms with van der Waals surface area (Å²) in [6.07, 6.45) is 3.74. The van der Waals surface area contributed by atoms with E-state index in [1.54, 1.807) is 11.8 Å². The van der Waals surface area contributed by atoms with Crippen LogP contribution in [0.15, 0.2) is 29.2 Å². The Bertz CT molecular complexity index is 1210. The number of benzene rings is 1. The highest BCUT2D eigenvalue weighted by molar-refractivity contribution is 7.98. The van der Waals surface area contributed by atoms with E-state index < -0.39 is 0 Å². The van der Waals surface area contributed by atoms with Gasteiger partial charge in [0.15, 0.2) is 5.82 Å².